The first-order chi connectivity index (χ1) is 15.5. The fourth-order valence-corrected chi connectivity index (χ4v) is 3.66. The van der Waals surface area contributed by atoms with Crippen LogP contribution in [0, 0.1) is 5.82 Å². The van der Waals surface area contributed by atoms with Crippen LogP contribution in [-0.4, -0.2) is 15.7 Å². The SMILES string of the molecule is O=C(Nc1ccn(Cc2ccc(F)cc2Cl)n1)c1cccc(COc2cccc(Br)c2)c1. The number of halogens is 3. The Morgan fingerprint density at radius 3 is 2.75 bits per heavy atom. The summed E-state index contributed by atoms with van der Waals surface area (Å²) in [6.07, 6.45) is 1.72. The average Bonchev–Trinajstić information content (AvgIpc) is 3.21. The predicted molar refractivity (Wildman–Crippen MR) is 126 cm³/mol. The lowest BCUT2D eigenvalue weighted by molar-refractivity contribution is 0.102. The first kappa shape index (κ1) is 22.0. The summed E-state index contributed by atoms with van der Waals surface area (Å²) in [4.78, 5) is 12.7. The van der Waals surface area contributed by atoms with Crippen LogP contribution in [0.4, 0.5) is 10.2 Å². The summed E-state index contributed by atoms with van der Waals surface area (Å²) in [5.41, 5.74) is 2.10. The Morgan fingerprint density at radius 2 is 1.94 bits per heavy atom. The van der Waals surface area contributed by atoms with Crippen molar-refractivity contribution in [2.75, 3.05) is 5.32 Å². The van der Waals surface area contributed by atoms with Crippen LogP contribution < -0.4 is 10.1 Å². The number of aromatic nitrogens is 2. The molecule has 0 saturated carbocycles. The van der Waals surface area contributed by atoms with Crippen LogP contribution in [0.1, 0.15) is 21.5 Å². The number of carbonyl (C=O) groups is 1. The van der Waals surface area contributed by atoms with Crippen LogP contribution >= 0.6 is 27.5 Å². The van der Waals surface area contributed by atoms with Crippen molar-refractivity contribution >= 4 is 39.3 Å². The highest BCUT2D eigenvalue weighted by atomic mass is 79.9. The zero-order valence-electron chi connectivity index (χ0n) is 16.8. The zero-order valence-corrected chi connectivity index (χ0v) is 19.1. The van der Waals surface area contributed by atoms with Crippen molar-refractivity contribution in [2.24, 2.45) is 0 Å². The summed E-state index contributed by atoms with van der Waals surface area (Å²) in [5, 5.41) is 7.46. The average molecular weight is 515 g/mol. The van der Waals surface area contributed by atoms with E-state index in [9.17, 15) is 9.18 Å². The number of carbonyl (C=O) groups excluding carboxylic acids is 1. The maximum absolute atomic E-state index is 13.2. The van der Waals surface area contributed by atoms with E-state index in [1.165, 1.54) is 12.1 Å². The largest absolute Gasteiger partial charge is 0.489 e. The second-order valence-corrected chi connectivity index (χ2v) is 8.36. The summed E-state index contributed by atoms with van der Waals surface area (Å²) >= 11 is 9.49. The minimum absolute atomic E-state index is 0.278. The minimum Gasteiger partial charge on any atom is -0.489 e. The molecule has 4 rings (SSSR count). The number of amides is 1. The first-order valence-corrected chi connectivity index (χ1v) is 10.9. The molecule has 0 spiro atoms. The van der Waals surface area contributed by atoms with Crippen molar-refractivity contribution in [1.29, 1.82) is 0 Å². The molecule has 0 saturated heterocycles. The monoisotopic (exact) mass is 513 g/mol. The Balaban J connectivity index is 1.38. The highest BCUT2D eigenvalue weighted by Crippen LogP contribution is 2.20. The molecule has 1 aromatic heterocycles. The van der Waals surface area contributed by atoms with Gasteiger partial charge in [-0.25, -0.2) is 4.39 Å². The fraction of sp³-hybridized carbons (Fsp3) is 0.0833. The lowest BCUT2D eigenvalue weighted by Gasteiger charge is -2.08. The van der Waals surface area contributed by atoms with Gasteiger partial charge in [0.2, 0.25) is 0 Å². The standard InChI is InChI=1S/C24H18BrClFN3O2/c25-19-5-2-6-21(12-19)32-15-16-3-1-4-17(11-16)24(31)28-23-9-10-30(29-23)14-18-7-8-20(27)13-22(18)26/h1-13H,14-15H2,(H,28,29,31). The maximum atomic E-state index is 13.2. The first-order valence-electron chi connectivity index (χ1n) is 9.72. The van der Waals surface area contributed by atoms with Crippen molar-refractivity contribution < 1.29 is 13.9 Å². The smallest absolute Gasteiger partial charge is 0.256 e. The van der Waals surface area contributed by atoms with E-state index in [4.69, 9.17) is 16.3 Å². The topological polar surface area (TPSA) is 56.2 Å². The van der Waals surface area contributed by atoms with Gasteiger partial charge < -0.3 is 10.1 Å². The van der Waals surface area contributed by atoms with Gasteiger partial charge in [0.15, 0.2) is 5.82 Å². The van der Waals surface area contributed by atoms with Crippen LogP contribution in [0.25, 0.3) is 0 Å². The second kappa shape index (κ2) is 9.97. The van der Waals surface area contributed by atoms with Gasteiger partial charge in [-0.2, -0.15) is 5.10 Å². The Kier molecular flexibility index (Phi) is 6.87. The number of nitrogens with one attached hydrogen (secondary N) is 1. The third kappa shape index (κ3) is 5.75. The van der Waals surface area contributed by atoms with Crippen molar-refractivity contribution in [2.45, 2.75) is 13.2 Å². The number of rotatable bonds is 7. The summed E-state index contributed by atoms with van der Waals surface area (Å²) in [6, 6.07) is 20.7. The van der Waals surface area contributed by atoms with Crippen molar-refractivity contribution in [3.63, 3.8) is 0 Å². The van der Waals surface area contributed by atoms with Gasteiger partial charge in [0.1, 0.15) is 18.2 Å². The number of ether oxygens (including phenoxy) is 1. The molecule has 0 fully saturated rings. The predicted octanol–water partition coefficient (Wildman–Crippen LogP) is 6.32. The number of hydrogen-bond donors (Lipinski definition) is 1. The van der Waals surface area contributed by atoms with Gasteiger partial charge in [-0.3, -0.25) is 9.48 Å². The minimum atomic E-state index is -0.392. The van der Waals surface area contributed by atoms with Gasteiger partial charge in [0.25, 0.3) is 5.91 Å². The number of benzene rings is 3. The van der Waals surface area contributed by atoms with Crippen LogP contribution in [0.5, 0.6) is 5.75 Å². The van der Waals surface area contributed by atoms with Crippen LogP contribution in [0.15, 0.2) is 83.5 Å². The lowest BCUT2D eigenvalue weighted by atomic mass is 10.1. The molecule has 0 aliphatic rings. The molecule has 3 aromatic carbocycles. The van der Waals surface area contributed by atoms with E-state index < -0.39 is 5.82 Å². The van der Waals surface area contributed by atoms with Gasteiger partial charge in [0.05, 0.1) is 6.54 Å². The number of anilines is 1. The van der Waals surface area contributed by atoms with E-state index in [0.717, 1.165) is 21.3 Å². The van der Waals surface area contributed by atoms with E-state index in [1.54, 1.807) is 35.1 Å². The molecule has 1 amide bonds. The molecular weight excluding hydrogens is 497 g/mol. The molecule has 0 aliphatic carbocycles. The molecule has 0 radical (unpaired) electrons. The van der Waals surface area contributed by atoms with E-state index in [-0.39, 0.29) is 5.91 Å². The molecule has 5 nitrogen and oxygen atoms in total. The Labute approximate surface area is 197 Å². The fourth-order valence-electron chi connectivity index (χ4n) is 3.06. The highest BCUT2D eigenvalue weighted by Gasteiger charge is 2.10. The van der Waals surface area contributed by atoms with Crippen molar-refractivity contribution in [1.82, 2.24) is 9.78 Å². The molecule has 1 heterocycles. The highest BCUT2D eigenvalue weighted by molar-refractivity contribution is 9.10. The molecule has 0 unspecified atom stereocenters. The summed E-state index contributed by atoms with van der Waals surface area (Å²) in [5.74, 6) is 0.473. The molecule has 32 heavy (non-hydrogen) atoms. The molecule has 8 heteroatoms. The van der Waals surface area contributed by atoms with Gasteiger partial charge >= 0.3 is 0 Å². The molecule has 1 N–H and O–H groups in total. The zero-order chi connectivity index (χ0) is 22.5. The Morgan fingerprint density at radius 1 is 1.09 bits per heavy atom. The van der Waals surface area contributed by atoms with Gasteiger partial charge in [-0.1, -0.05) is 51.8 Å². The summed E-state index contributed by atoms with van der Waals surface area (Å²) in [6.45, 7) is 0.696. The number of nitrogens with zero attached hydrogens (tertiary/aromatic N) is 2. The normalized spacial score (nSPS) is 10.7. The Hall–Kier alpha value is -3.16. The van der Waals surface area contributed by atoms with Gasteiger partial charge in [-0.15, -0.1) is 0 Å². The van der Waals surface area contributed by atoms with Crippen molar-refractivity contribution in [3.8, 4) is 5.75 Å². The quantitative estimate of drug-likeness (QED) is 0.314. The molecule has 0 bridgehead atoms. The third-order valence-electron chi connectivity index (χ3n) is 4.62. The third-order valence-corrected chi connectivity index (χ3v) is 5.47. The number of hydrogen-bond acceptors (Lipinski definition) is 3. The second-order valence-electron chi connectivity index (χ2n) is 7.03. The molecule has 4 aromatic rings. The van der Waals surface area contributed by atoms with Crippen LogP contribution in [0.2, 0.25) is 5.02 Å². The van der Waals surface area contributed by atoms with Gasteiger partial charge in [-0.05, 0) is 53.6 Å². The van der Waals surface area contributed by atoms with Crippen LogP contribution in [-0.2, 0) is 13.2 Å². The van der Waals surface area contributed by atoms with E-state index in [1.807, 2.05) is 36.4 Å². The van der Waals surface area contributed by atoms with E-state index >= 15 is 0 Å². The Bertz CT molecular complexity index is 1260. The van der Waals surface area contributed by atoms with Crippen LogP contribution in [0.3, 0.4) is 0 Å². The van der Waals surface area contributed by atoms with E-state index in [2.05, 4.69) is 26.3 Å². The van der Waals surface area contributed by atoms with E-state index in [0.29, 0.717) is 29.6 Å². The van der Waals surface area contributed by atoms with Gasteiger partial charge in [0, 0.05) is 27.3 Å². The van der Waals surface area contributed by atoms with Crippen molar-refractivity contribution in [3.05, 3.63) is 111 Å². The maximum Gasteiger partial charge on any atom is 0.256 e. The summed E-state index contributed by atoms with van der Waals surface area (Å²) < 4.78 is 21.6. The molecule has 0 aliphatic heterocycles. The molecule has 162 valence electrons. The summed E-state index contributed by atoms with van der Waals surface area (Å²) in [7, 11) is 0. The molecular formula is C24H18BrClFN3O2. The molecule has 0 atom stereocenters. The lowest BCUT2D eigenvalue weighted by Crippen LogP contribution is -2.13.